The van der Waals surface area contributed by atoms with Crippen molar-refractivity contribution in [2.75, 3.05) is 4.90 Å². The van der Waals surface area contributed by atoms with E-state index in [2.05, 4.69) is 169 Å². The summed E-state index contributed by atoms with van der Waals surface area (Å²) in [5.41, 5.74) is 13.6. The van der Waals surface area contributed by atoms with E-state index in [1.54, 1.807) is 0 Å². The fourth-order valence-corrected chi connectivity index (χ4v) is 7.36. The van der Waals surface area contributed by atoms with Gasteiger partial charge in [-0.1, -0.05) is 127 Å². The highest BCUT2D eigenvalue weighted by atomic mass is 16.3. The molecule has 0 aliphatic carbocycles. The Bertz CT molecular complexity index is 2830. The largest absolute Gasteiger partial charge is 0.456 e. The highest BCUT2D eigenvalue weighted by molar-refractivity contribution is 6.09. The van der Waals surface area contributed by atoms with E-state index in [0.717, 1.165) is 83.2 Å². The summed E-state index contributed by atoms with van der Waals surface area (Å²) in [6.07, 6.45) is 0. The van der Waals surface area contributed by atoms with Gasteiger partial charge in [-0.05, 0) is 82.4 Å². The van der Waals surface area contributed by atoms with Crippen LogP contribution in [0.5, 0.6) is 0 Å². The van der Waals surface area contributed by atoms with Crippen LogP contribution in [0.2, 0.25) is 0 Å². The highest BCUT2D eigenvalue weighted by Gasteiger charge is 2.21. The maximum Gasteiger partial charge on any atom is 0.137 e. The molecule has 0 fully saturated rings. The number of hydrogen-bond donors (Lipinski definition) is 0. The number of rotatable bonds is 6. The normalized spacial score (nSPS) is 11.5. The van der Waals surface area contributed by atoms with Crippen LogP contribution in [-0.4, -0.2) is 0 Å². The Morgan fingerprint density at radius 2 is 0.745 bits per heavy atom. The first-order valence-electron chi connectivity index (χ1n) is 17.2. The standard InChI is InChI=1S/C48H31NO2/c1-3-11-32(12-4-1)33-19-24-37(25-20-33)49(38-26-21-34(22-27-38)36-23-28-47-42(29-36)39-15-7-9-17-45(39)50-47)44-31-48-43(40-16-8-10-18-46(40)51-48)30-41(44)35-13-5-2-6-14-35/h1-31H. The first kappa shape index (κ1) is 29.1. The van der Waals surface area contributed by atoms with Crippen LogP contribution in [0.3, 0.4) is 0 Å². The second-order valence-electron chi connectivity index (χ2n) is 12.9. The Balaban J connectivity index is 1.15. The lowest BCUT2D eigenvalue weighted by molar-refractivity contribution is 0.668. The van der Waals surface area contributed by atoms with Crippen molar-refractivity contribution in [3.8, 4) is 33.4 Å². The predicted octanol–water partition coefficient (Wildman–Crippen LogP) is 14.0. The molecule has 0 N–H and O–H groups in total. The molecule has 2 aromatic heterocycles. The van der Waals surface area contributed by atoms with E-state index in [1.165, 1.54) is 11.1 Å². The van der Waals surface area contributed by atoms with Crippen molar-refractivity contribution >= 4 is 60.9 Å². The molecule has 8 aromatic carbocycles. The summed E-state index contributed by atoms with van der Waals surface area (Å²) in [7, 11) is 0. The fraction of sp³-hybridized carbons (Fsp3) is 0. The summed E-state index contributed by atoms with van der Waals surface area (Å²) < 4.78 is 12.6. The maximum atomic E-state index is 6.48. The molecule has 0 amide bonds. The first-order valence-corrected chi connectivity index (χ1v) is 17.2. The first-order chi connectivity index (χ1) is 25.3. The fourth-order valence-electron chi connectivity index (χ4n) is 7.36. The van der Waals surface area contributed by atoms with Gasteiger partial charge in [0.1, 0.15) is 22.3 Å². The number of hydrogen-bond acceptors (Lipinski definition) is 3. The van der Waals surface area contributed by atoms with Gasteiger partial charge in [0.05, 0.1) is 5.69 Å². The summed E-state index contributed by atoms with van der Waals surface area (Å²) in [6, 6.07) is 66.3. The molecule has 0 saturated heterocycles. The zero-order valence-corrected chi connectivity index (χ0v) is 27.7. The number of furan rings is 2. The minimum atomic E-state index is 0.856. The van der Waals surface area contributed by atoms with Gasteiger partial charge in [0.15, 0.2) is 0 Å². The van der Waals surface area contributed by atoms with Crippen molar-refractivity contribution in [1.29, 1.82) is 0 Å². The topological polar surface area (TPSA) is 29.5 Å². The molecule has 3 heteroatoms. The molecule has 10 rings (SSSR count). The zero-order chi connectivity index (χ0) is 33.7. The van der Waals surface area contributed by atoms with Crippen molar-refractivity contribution in [2.24, 2.45) is 0 Å². The molecular formula is C48H31NO2. The van der Waals surface area contributed by atoms with Gasteiger partial charge in [-0.25, -0.2) is 0 Å². The van der Waals surface area contributed by atoms with Crippen LogP contribution < -0.4 is 4.90 Å². The maximum absolute atomic E-state index is 6.48. The average molecular weight is 654 g/mol. The molecule has 51 heavy (non-hydrogen) atoms. The van der Waals surface area contributed by atoms with Gasteiger partial charge in [0, 0.05) is 44.5 Å². The van der Waals surface area contributed by atoms with Gasteiger partial charge in [-0.3, -0.25) is 0 Å². The van der Waals surface area contributed by atoms with E-state index < -0.39 is 0 Å². The number of anilines is 3. The summed E-state index contributed by atoms with van der Waals surface area (Å²) in [5, 5.41) is 4.47. The van der Waals surface area contributed by atoms with Gasteiger partial charge in [-0.2, -0.15) is 0 Å². The predicted molar refractivity (Wildman–Crippen MR) is 212 cm³/mol. The molecule has 0 unspecified atom stereocenters. The molecule has 0 radical (unpaired) electrons. The molecule has 3 nitrogen and oxygen atoms in total. The van der Waals surface area contributed by atoms with Crippen molar-refractivity contribution in [2.45, 2.75) is 0 Å². The molecule has 0 aliphatic heterocycles. The quantitative estimate of drug-likeness (QED) is 0.179. The van der Waals surface area contributed by atoms with Crippen molar-refractivity contribution in [1.82, 2.24) is 0 Å². The van der Waals surface area contributed by atoms with Crippen molar-refractivity contribution in [3.05, 3.63) is 188 Å². The van der Waals surface area contributed by atoms with E-state index >= 15 is 0 Å². The van der Waals surface area contributed by atoms with E-state index in [-0.39, 0.29) is 0 Å². The van der Waals surface area contributed by atoms with E-state index in [4.69, 9.17) is 8.83 Å². The van der Waals surface area contributed by atoms with Crippen LogP contribution in [0.15, 0.2) is 197 Å². The molecule has 240 valence electrons. The third kappa shape index (κ3) is 5.06. The van der Waals surface area contributed by atoms with Crippen molar-refractivity contribution < 1.29 is 8.83 Å². The average Bonchev–Trinajstić information content (AvgIpc) is 3.76. The Kier molecular flexibility index (Phi) is 6.81. The lowest BCUT2D eigenvalue weighted by Crippen LogP contribution is -2.11. The molecule has 0 atom stereocenters. The third-order valence-electron chi connectivity index (χ3n) is 9.89. The summed E-state index contributed by atoms with van der Waals surface area (Å²) >= 11 is 0. The minimum absolute atomic E-state index is 0.856. The van der Waals surface area contributed by atoms with Gasteiger partial charge < -0.3 is 13.7 Å². The van der Waals surface area contributed by atoms with Gasteiger partial charge in [0.25, 0.3) is 0 Å². The molecule has 2 heterocycles. The van der Waals surface area contributed by atoms with Crippen molar-refractivity contribution in [3.63, 3.8) is 0 Å². The van der Waals surface area contributed by atoms with Crippen LogP contribution in [0.1, 0.15) is 0 Å². The second kappa shape index (κ2) is 11.9. The smallest absolute Gasteiger partial charge is 0.137 e. The number of fused-ring (bicyclic) bond motifs is 6. The van der Waals surface area contributed by atoms with E-state index in [1.807, 2.05) is 24.3 Å². The van der Waals surface area contributed by atoms with Crippen LogP contribution in [0.4, 0.5) is 17.1 Å². The zero-order valence-electron chi connectivity index (χ0n) is 27.7. The summed E-state index contributed by atoms with van der Waals surface area (Å²) in [5.74, 6) is 0. The minimum Gasteiger partial charge on any atom is -0.456 e. The van der Waals surface area contributed by atoms with Crippen LogP contribution in [0.25, 0.3) is 77.3 Å². The van der Waals surface area contributed by atoms with Crippen LogP contribution in [-0.2, 0) is 0 Å². The van der Waals surface area contributed by atoms with Gasteiger partial charge in [0.2, 0.25) is 0 Å². The molecule has 0 aliphatic rings. The highest BCUT2D eigenvalue weighted by Crippen LogP contribution is 2.45. The lowest BCUT2D eigenvalue weighted by atomic mass is 9.98. The summed E-state index contributed by atoms with van der Waals surface area (Å²) in [6.45, 7) is 0. The van der Waals surface area contributed by atoms with E-state index in [0.29, 0.717) is 0 Å². The molecule has 0 saturated carbocycles. The number of para-hydroxylation sites is 2. The molecule has 0 bridgehead atoms. The SMILES string of the molecule is c1ccc(-c2ccc(N(c3ccc(-c4ccc5oc6ccccc6c5c4)cc3)c3cc4oc5ccccc5c4cc3-c3ccccc3)cc2)cc1. The van der Waals surface area contributed by atoms with Gasteiger partial charge in [-0.15, -0.1) is 0 Å². The Hall–Kier alpha value is -6.84. The van der Waals surface area contributed by atoms with Crippen LogP contribution >= 0.6 is 0 Å². The molecule has 0 spiro atoms. The van der Waals surface area contributed by atoms with E-state index in [9.17, 15) is 0 Å². The van der Waals surface area contributed by atoms with Crippen LogP contribution in [0, 0.1) is 0 Å². The Morgan fingerprint density at radius 1 is 0.294 bits per heavy atom. The third-order valence-corrected chi connectivity index (χ3v) is 9.89. The Morgan fingerprint density at radius 3 is 1.37 bits per heavy atom. The summed E-state index contributed by atoms with van der Waals surface area (Å²) in [4.78, 5) is 2.35. The molecule has 10 aromatic rings. The molecular weight excluding hydrogens is 623 g/mol. The lowest BCUT2D eigenvalue weighted by Gasteiger charge is -2.28. The number of benzene rings is 8. The number of nitrogens with zero attached hydrogens (tertiary/aromatic N) is 1. The van der Waals surface area contributed by atoms with Gasteiger partial charge >= 0.3 is 0 Å². The monoisotopic (exact) mass is 653 g/mol. The second-order valence-corrected chi connectivity index (χ2v) is 12.9. The Labute approximate surface area is 295 Å².